The minimum atomic E-state index is -0.762. The van der Waals surface area contributed by atoms with Gasteiger partial charge in [0.2, 0.25) is 5.91 Å². The highest BCUT2D eigenvalue weighted by Gasteiger charge is 2.22. The Hall–Kier alpha value is -3.68. The number of carbonyl (C=O) groups is 2. The van der Waals surface area contributed by atoms with Crippen molar-refractivity contribution in [2.45, 2.75) is 32.2 Å². The number of amides is 2. The Morgan fingerprint density at radius 3 is 2.14 bits per heavy atom. The predicted octanol–water partition coefficient (Wildman–Crippen LogP) is 3.67. The third kappa shape index (κ3) is 7.93. The van der Waals surface area contributed by atoms with Crippen molar-refractivity contribution in [3.05, 3.63) is 107 Å². The first-order valence-electron chi connectivity index (χ1n) is 12.3. The molecule has 7 nitrogen and oxygen atoms in total. The molecule has 1 fully saturated rings. The lowest BCUT2D eigenvalue weighted by Crippen LogP contribution is -2.48. The van der Waals surface area contributed by atoms with Crippen LogP contribution in [0, 0.1) is 0 Å². The van der Waals surface area contributed by atoms with Gasteiger partial charge < -0.3 is 20.1 Å². The number of morpholine rings is 1. The van der Waals surface area contributed by atoms with E-state index in [0.717, 1.165) is 49.5 Å². The second-order valence-corrected chi connectivity index (χ2v) is 8.82. The van der Waals surface area contributed by atoms with E-state index < -0.39 is 12.1 Å². The van der Waals surface area contributed by atoms with Gasteiger partial charge in [-0.05, 0) is 22.3 Å². The molecule has 0 aliphatic carbocycles. The van der Waals surface area contributed by atoms with E-state index in [1.807, 2.05) is 78.9 Å². The Bertz CT molecular complexity index is 1100. The van der Waals surface area contributed by atoms with Crippen molar-refractivity contribution >= 4 is 12.0 Å². The van der Waals surface area contributed by atoms with Crippen molar-refractivity contribution < 1.29 is 19.1 Å². The van der Waals surface area contributed by atoms with E-state index in [-0.39, 0.29) is 12.5 Å². The van der Waals surface area contributed by atoms with E-state index in [1.165, 1.54) is 5.56 Å². The summed E-state index contributed by atoms with van der Waals surface area (Å²) in [6.07, 6.45) is -0.259. The maximum Gasteiger partial charge on any atom is 0.408 e. The maximum absolute atomic E-state index is 13.2. The molecule has 1 heterocycles. The van der Waals surface area contributed by atoms with Crippen LogP contribution < -0.4 is 10.6 Å². The summed E-state index contributed by atoms with van der Waals surface area (Å²) >= 11 is 0. The molecule has 1 atom stereocenters. The first-order chi connectivity index (χ1) is 17.7. The van der Waals surface area contributed by atoms with Gasteiger partial charge >= 0.3 is 6.09 Å². The van der Waals surface area contributed by atoms with Crippen LogP contribution in [0.5, 0.6) is 0 Å². The van der Waals surface area contributed by atoms with Crippen LogP contribution in [0.1, 0.15) is 22.3 Å². The van der Waals surface area contributed by atoms with E-state index >= 15 is 0 Å². The zero-order valence-electron chi connectivity index (χ0n) is 20.4. The summed E-state index contributed by atoms with van der Waals surface area (Å²) in [6.45, 7) is 4.61. The Balaban J connectivity index is 1.38. The van der Waals surface area contributed by atoms with Crippen molar-refractivity contribution in [1.29, 1.82) is 0 Å². The van der Waals surface area contributed by atoms with Crippen LogP contribution in [0.2, 0.25) is 0 Å². The molecule has 1 aliphatic heterocycles. The minimum Gasteiger partial charge on any atom is -0.445 e. The molecule has 0 aromatic heterocycles. The number of benzene rings is 3. The maximum atomic E-state index is 13.2. The number of ether oxygens (including phenoxy) is 2. The van der Waals surface area contributed by atoms with Gasteiger partial charge in [-0.2, -0.15) is 0 Å². The van der Waals surface area contributed by atoms with Crippen molar-refractivity contribution in [1.82, 2.24) is 15.5 Å². The molecule has 1 saturated heterocycles. The fourth-order valence-corrected chi connectivity index (χ4v) is 4.16. The molecular weight excluding hydrogens is 454 g/mol. The van der Waals surface area contributed by atoms with Crippen LogP contribution in [0.25, 0.3) is 0 Å². The van der Waals surface area contributed by atoms with E-state index in [4.69, 9.17) is 9.47 Å². The van der Waals surface area contributed by atoms with Crippen LogP contribution in [-0.2, 0) is 40.4 Å². The van der Waals surface area contributed by atoms with Crippen molar-refractivity contribution in [3.8, 4) is 0 Å². The topological polar surface area (TPSA) is 79.9 Å². The van der Waals surface area contributed by atoms with Gasteiger partial charge in [0.25, 0.3) is 0 Å². The first kappa shape index (κ1) is 25.4. The van der Waals surface area contributed by atoms with E-state index in [2.05, 4.69) is 21.6 Å². The summed E-state index contributed by atoms with van der Waals surface area (Å²) in [5.41, 5.74) is 4.07. The second-order valence-electron chi connectivity index (χ2n) is 8.82. The highest BCUT2D eigenvalue weighted by molar-refractivity contribution is 5.86. The van der Waals surface area contributed by atoms with Gasteiger partial charge in [-0.25, -0.2) is 4.79 Å². The van der Waals surface area contributed by atoms with Gasteiger partial charge in [-0.3, -0.25) is 9.69 Å². The Labute approximate surface area is 212 Å². The lowest BCUT2D eigenvalue weighted by atomic mass is 10.0. The van der Waals surface area contributed by atoms with Crippen LogP contribution >= 0.6 is 0 Å². The highest BCUT2D eigenvalue weighted by Crippen LogP contribution is 2.13. The average Bonchev–Trinajstić information content (AvgIpc) is 2.92. The van der Waals surface area contributed by atoms with Crippen molar-refractivity contribution in [3.63, 3.8) is 0 Å². The molecule has 3 aromatic rings. The van der Waals surface area contributed by atoms with E-state index in [9.17, 15) is 9.59 Å². The molecular formula is C29H33N3O4. The molecule has 2 amide bonds. The van der Waals surface area contributed by atoms with Crippen molar-refractivity contribution in [2.75, 3.05) is 26.3 Å². The Kier molecular flexibility index (Phi) is 9.47. The number of nitrogens with zero attached hydrogens (tertiary/aromatic N) is 1. The third-order valence-corrected chi connectivity index (χ3v) is 6.17. The lowest BCUT2D eigenvalue weighted by molar-refractivity contribution is -0.123. The number of alkyl carbamates (subject to hydrolysis) is 1. The molecule has 1 unspecified atom stereocenters. The zero-order valence-corrected chi connectivity index (χ0v) is 20.4. The van der Waals surface area contributed by atoms with E-state index in [1.54, 1.807) is 0 Å². The van der Waals surface area contributed by atoms with Gasteiger partial charge in [0.1, 0.15) is 12.6 Å². The quantitative estimate of drug-likeness (QED) is 0.456. The van der Waals surface area contributed by atoms with Crippen LogP contribution in [0.4, 0.5) is 4.79 Å². The monoisotopic (exact) mass is 487 g/mol. The summed E-state index contributed by atoms with van der Waals surface area (Å²) in [7, 11) is 0. The number of nitrogens with one attached hydrogen (secondary N) is 2. The molecule has 0 spiro atoms. The predicted molar refractivity (Wildman–Crippen MR) is 138 cm³/mol. The molecule has 7 heteroatoms. The summed E-state index contributed by atoms with van der Waals surface area (Å²) in [6, 6.07) is 26.4. The van der Waals surface area contributed by atoms with Gasteiger partial charge in [0.05, 0.1) is 13.2 Å². The molecule has 36 heavy (non-hydrogen) atoms. The molecule has 0 radical (unpaired) electrons. The number of rotatable bonds is 10. The summed E-state index contributed by atoms with van der Waals surface area (Å²) in [5.74, 6) is -0.253. The Morgan fingerprint density at radius 1 is 0.833 bits per heavy atom. The zero-order chi connectivity index (χ0) is 25.0. The van der Waals surface area contributed by atoms with E-state index in [0.29, 0.717) is 13.0 Å². The fourth-order valence-electron chi connectivity index (χ4n) is 4.16. The summed E-state index contributed by atoms with van der Waals surface area (Å²) in [5, 5.41) is 5.78. The largest absolute Gasteiger partial charge is 0.445 e. The van der Waals surface area contributed by atoms with Gasteiger partial charge in [-0.15, -0.1) is 0 Å². The first-order valence-corrected chi connectivity index (χ1v) is 12.3. The Morgan fingerprint density at radius 2 is 1.44 bits per heavy atom. The standard InChI is InChI=1S/C29H33N3O4/c33-28(30-20-25-13-7-8-14-26(25)21-32-15-17-35-18-16-32)27(19-23-9-3-1-4-10-23)31-29(34)36-22-24-11-5-2-6-12-24/h1-14,27H,15-22H2,(H,30,33)(H,31,34). The number of hydrogen-bond donors (Lipinski definition) is 2. The number of hydrogen-bond acceptors (Lipinski definition) is 5. The minimum absolute atomic E-state index is 0.140. The third-order valence-electron chi connectivity index (χ3n) is 6.17. The SMILES string of the molecule is O=C(NC(Cc1ccccc1)C(=O)NCc1ccccc1CN1CCOCC1)OCc1ccccc1. The summed E-state index contributed by atoms with van der Waals surface area (Å²) < 4.78 is 10.8. The molecule has 2 N–H and O–H groups in total. The number of carbonyl (C=O) groups excluding carboxylic acids is 2. The molecule has 188 valence electrons. The van der Waals surface area contributed by atoms with Gasteiger partial charge in [0.15, 0.2) is 0 Å². The fraction of sp³-hybridized carbons (Fsp3) is 0.310. The van der Waals surface area contributed by atoms with Crippen LogP contribution in [0.3, 0.4) is 0 Å². The highest BCUT2D eigenvalue weighted by atomic mass is 16.5. The smallest absolute Gasteiger partial charge is 0.408 e. The summed E-state index contributed by atoms with van der Waals surface area (Å²) in [4.78, 5) is 28.1. The molecule has 0 bridgehead atoms. The molecule has 4 rings (SSSR count). The average molecular weight is 488 g/mol. The molecule has 0 saturated carbocycles. The normalized spacial score (nSPS) is 14.6. The van der Waals surface area contributed by atoms with Crippen molar-refractivity contribution in [2.24, 2.45) is 0 Å². The molecule has 3 aromatic carbocycles. The van der Waals surface area contributed by atoms with Gasteiger partial charge in [0, 0.05) is 32.6 Å². The van der Waals surface area contributed by atoms with Gasteiger partial charge in [-0.1, -0.05) is 84.9 Å². The molecule has 1 aliphatic rings. The van der Waals surface area contributed by atoms with Crippen LogP contribution in [0.15, 0.2) is 84.9 Å². The second kappa shape index (κ2) is 13.4. The van der Waals surface area contributed by atoms with Crippen LogP contribution in [-0.4, -0.2) is 49.2 Å². The lowest BCUT2D eigenvalue weighted by Gasteiger charge is -2.27.